The highest BCUT2D eigenvalue weighted by molar-refractivity contribution is 7.07. The Labute approximate surface area is 256 Å². The Balaban J connectivity index is 1.55. The second-order valence-corrected chi connectivity index (χ2v) is 11.2. The maximum atomic E-state index is 14.2. The highest BCUT2D eigenvalue weighted by atomic mass is 35.5. The molecule has 6 rings (SSSR count). The summed E-state index contributed by atoms with van der Waals surface area (Å²) >= 11 is 7.43. The van der Waals surface area contributed by atoms with Crippen LogP contribution >= 0.6 is 22.9 Å². The summed E-state index contributed by atoms with van der Waals surface area (Å²) in [5.41, 5.74) is 4.48. The van der Waals surface area contributed by atoms with Gasteiger partial charge in [-0.25, -0.2) is 14.5 Å². The number of ether oxygens (including phenoxy) is 2. The summed E-state index contributed by atoms with van der Waals surface area (Å²) in [6.45, 7) is 3.72. The molecule has 1 aliphatic rings. The first kappa shape index (κ1) is 28.4. The second-order valence-electron chi connectivity index (χ2n) is 9.80. The zero-order chi connectivity index (χ0) is 30.1. The zero-order valence-corrected chi connectivity index (χ0v) is 25.2. The van der Waals surface area contributed by atoms with Gasteiger partial charge in [-0.15, -0.1) is 0 Å². The number of methoxy groups -OCH3 is 1. The monoisotopic (exact) mass is 610 g/mol. The van der Waals surface area contributed by atoms with Gasteiger partial charge in [0.1, 0.15) is 11.4 Å². The summed E-state index contributed by atoms with van der Waals surface area (Å²) in [5.74, 6) is 0.160. The molecule has 1 aliphatic heterocycles. The molecule has 0 N–H and O–H groups in total. The van der Waals surface area contributed by atoms with E-state index in [9.17, 15) is 9.59 Å². The van der Waals surface area contributed by atoms with Crippen molar-refractivity contribution in [3.05, 3.63) is 132 Å². The summed E-state index contributed by atoms with van der Waals surface area (Å²) < 4.78 is 14.6. The van der Waals surface area contributed by atoms with E-state index in [1.165, 1.54) is 11.3 Å². The summed E-state index contributed by atoms with van der Waals surface area (Å²) in [4.78, 5) is 32.5. The maximum absolute atomic E-state index is 14.2. The molecule has 0 radical (unpaired) electrons. The zero-order valence-electron chi connectivity index (χ0n) is 23.7. The summed E-state index contributed by atoms with van der Waals surface area (Å²) in [6.07, 6.45) is 3.72. The smallest absolute Gasteiger partial charge is 0.338 e. The van der Waals surface area contributed by atoms with Crippen LogP contribution < -0.4 is 19.6 Å². The first-order chi connectivity index (χ1) is 20.9. The Morgan fingerprint density at radius 1 is 1.05 bits per heavy atom. The van der Waals surface area contributed by atoms with Crippen LogP contribution in [0.3, 0.4) is 0 Å². The van der Waals surface area contributed by atoms with Gasteiger partial charge < -0.3 is 9.47 Å². The maximum Gasteiger partial charge on any atom is 0.338 e. The number of thiazole rings is 1. The molecule has 5 aromatic rings. The van der Waals surface area contributed by atoms with Gasteiger partial charge in [0.15, 0.2) is 4.80 Å². The summed E-state index contributed by atoms with van der Waals surface area (Å²) in [7, 11) is 1.59. The number of halogens is 1. The molecule has 0 spiro atoms. The summed E-state index contributed by atoms with van der Waals surface area (Å²) in [5, 5.41) is 5.49. The summed E-state index contributed by atoms with van der Waals surface area (Å²) in [6, 6.07) is 23.8. The molecule has 0 amide bonds. The van der Waals surface area contributed by atoms with Crippen molar-refractivity contribution in [2.24, 2.45) is 4.99 Å². The van der Waals surface area contributed by atoms with E-state index in [0.29, 0.717) is 37.1 Å². The fourth-order valence-corrected chi connectivity index (χ4v) is 6.24. The molecule has 10 heteroatoms. The lowest BCUT2D eigenvalue weighted by atomic mass is 9.96. The minimum absolute atomic E-state index is 0.203. The van der Waals surface area contributed by atoms with Gasteiger partial charge in [-0.05, 0) is 61.9 Å². The molecular formula is C33H27ClN4O4S. The molecule has 2 aromatic heterocycles. The van der Waals surface area contributed by atoms with Crippen molar-refractivity contribution >= 4 is 35.0 Å². The van der Waals surface area contributed by atoms with Crippen LogP contribution in [0.5, 0.6) is 5.75 Å². The molecule has 43 heavy (non-hydrogen) atoms. The van der Waals surface area contributed by atoms with Gasteiger partial charge in [-0.1, -0.05) is 65.4 Å². The van der Waals surface area contributed by atoms with Crippen molar-refractivity contribution in [2.45, 2.75) is 19.9 Å². The Kier molecular flexibility index (Phi) is 7.84. The van der Waals surface area contributed by atoms with E-state index in [1.54, 1.807) is 42.3 Å². The number of rotatable bonds is 7. The third-order valence-electron chi connectivity index (χ3n) is 7.12. The topological polar surface area (TPSA) is 87.7 Å². The Hall–Kier alpha value is -4.73. The van der Waals surface area contributed by atoms with Gasteiger partial charge in [0.25, 0.3) is 5.56 Å². The van der Waals surface area contributed by atoms with Crippen molar-refractivity contribution in [2.75, 3.05) is 13.7 Å². The van der Waals surface area contributed by atoms with E-state index in [-0.39, 0.29) is 12.2 Å². The highest BCUT2D eigenvalue weighted by Gasteiger charge is 2.33. The average Bonchev–Trinajstić information content (AvgIpc) is 3.58. The molecular weight excluding hydrogens is 584 g/mol. The minimum atomic E-state index is -0.717. The van der Waals surface area contributed by atoms with Gasteiger partial charge in [0, 0.05) is 22.3 Å². The molecule has 0 fully saturated rings. The number of carbonyl (C=O) groups excluding carboxylic acids is 1. The van der Waals surface area contributed by atoms with Crippen LogP contribution in [0.25, 0.3) is 23.0 Å². The van der Waals surface area contributed by atoms with Gasteiger partial charge in [-0.3, -0.25) is 9.36 Å². The molecule has 0 bridgehead atoms. The highest BCUT2D eigenvalue weighted by Crippen LogP contribution is 2.32. The van der Waals surface area contributed by atoms with Crippen molar-refractivity contribution in [3.63, 3.8) is 0 Å². The van der Waals surface area contributed by atoms with Crippen LogP contribution in [0.1, 0.15) is 31.0 Å². The molecule has 3 aromatic carbocycles. The molecule has 3 heterocycles. The Morgan fingerprint density at radius 2 is 1.77 bits per heavy atom. The molecule has 0 unspecified atom stereocenters. The standard InChI is InChI=1S/C33H27ClN4O4S/c1-4-42-32(40)28-20(2)35-33-38(30(28)22-12-16-26(41-3)17-13-22)31(39)27(43-33)18-23-19-37(25-8-6-5-7-9-25)36-29(23)21-10-14-24(34)15-11-21/h5-19,30H,4H2,1-3H3/b27-18-/t30-/m0/s1. The number of allylic oxidation sites excluding steroid dienone is 1. The second kappa shape index (κ2) is 11.9. The quantitative estimate of drug-likeness (QED) is 0.233. The van der Waals surface area contributed by atoms with Crippen LogP contribution in [0.15, 0.2) is 106 Å². The van der Waals surface area contributed by atoms with E-state index >= 15 is 0 Å². The van der Waals surface area contributed by atoms with Crippen LogP contribution in [0.2, 0.25) is 5.02 Å². The van der Waals surface area contributed by atoms with E-state index in [2.05, 4.69) is 4.99 Å². The average molecular weight is 611 g/mol. The molecule has 0 saturated heterocycles. The minimum Gasteiger partial charge on any atom is -0.497 e. The lowest BCUT2D eigenvalue weighted by Crippen LogP contribution is -2.39. The number of carbonyl (C=O) groups is 1. The van der Waals surface area contributed by atoms with Crippen LogP contribution in [-0.4, -0.2) is 34.0 Å². The van der Waals surface area contributed by atoms with E-state index in [0.717, 1.165) is 22.4 Å². The predicted octanol–water partition coefficient (Wildman–Crippen LogP) is 5.31. The fourth-order valence-electron chi connectivity index (χ4n) is 5.07. The number of hydrogen-bond acceptors (Lipinski definition) is 7. The first-order valence-electron chi connectivity index (χ1n) is 13.6. The molecule has 0 saturated carbocycles. The van der Waals surface area contributed by atoms with Crippen LogP contribution in [0, 0.1) is 0 Å². The van der Waals surface area contributed by atoms with Crippen molar-refractivity contribution < 1.29 is 14.3 Å². The molecule has 8 nitrogen and oxygen atoms in total. The predicted molar refractivity (Wildman–Crippen MR) is 167 cm³/mol. The number of esters is 1. The molecule has 216 valence electrons. The third kappa shape index (κ3) is 5.45. The lowest BCUT2D eigenvalue weighted by molar-refractivity contribution is -0.139. The number of benzene rings is 3. The van der Waals surface area contributed by atoms with Crippen molar-refractivity contribution in [3.8, 4) is 22.7 Å². The third-order valence-corrected chi connectivity index (χ3v) is 8.35. The largest absolute Gasteiger partial charge is 0.497 e. The van der Waals surface area contributed by atoms with Gasteiger partial charge in [0.2, 0.25) is 0 Å². The molecule has 0 aliphatic carbocycles. The number of para-hydroxylation sites is 1. The number of aromatic nitrogens is 3. The molecule has 1 atom stereocenters. The number of fused-ring (bicyclic) bond motifs is 1. The SMILES string of the molecule is CCOC(=O)C1=C(C)N=c2s/c(=C\c3cn(-c4ccccc4)nc3-c3ccc(Cl)cc3)c(=O)n2[C@H]1c1ccc(OC)cc1. The van der Waals surface area contributed by atoms with Crippen molar-refractivity contribution in [1.82, 2.24) is 14.3 Å². The Morgan fingerprint density at radius 3 is 2.44 bits per heavy atom. The number of hydrogen-bond donors (Lipinski definition) is 0. The van der Waals surface area contributed by atoms with Gasteiger partial charge in [0.05, 0.1) is 41.2 Å². The first-order valence-corrected chi connectivity index (χ1v) is 14.8. The lowest BCUT2D eigenvalue weighted by Gasteiger charge is -2.24. The van der Waals surface area contributed by atoms with Crippen LogP contribution in [0.4, 0.5) is 0 Å². The van der Waals surface area contributed by atoms with E-state index in [1.807, 2.05) is 79.0 Å². The van der Waals surface area contributed by atoms with Gasteiger partial charge in [-0.2, -0.15) is 5.10 Å². The van der Waals surface area contributed by atoms with E-state index in [4.69, 9.17) is 26.2 Å². The Bertz CT molecular complexity index is 2030. The number of nitrogens with zero attached hydrogens (tertiary/aromatic N) is 4. The fraction of sp³-hybridized carbons (Fsp3) is 0.152. The van der Waals surface area contributed by atoms with E-state index < -0.39 is 12.0 Å². The normalized spacial score (nSPS) is 14.8. The van der Waals surface area contributed by atoms with Crippen LogP contribution in [-0.2, 0) is 9.53 Å². The van der Waals surface area contributed by atoms with Crippen molar-refractivity contribution in [1.29, 1.82) is 0 Å². The van der Waals surface area contributed by atoms with Gasteiger partial charge >= 0.3 is 5.97 Å².